The van der Waals surface area contributed by atoms with Crippen LogP contribution in [0.3, 0.4) is 0 Å². The number of carbonyl (C=O) groups is 1. The quantitative estimate of drug-likeness (QED) is 0.524. The maximum absolute atomic E-state index is 13.4. The predicted molar refractivity (Wildman–Crippen MR) is 126 cm³/mol. The Morgan fingerprint density at radius 1 is 1.00 bits per heavy atom. The van der Waals surface area contributed by atoms with Crippen LogP contribution in [-0.4, -0.2) is 28.0 Å². The molecule has 0 fully saturated rings. The van der Waals surface area contributed by atoms with E-state index in [0.717, 1.165) is 16.3 Å². The van der Waals surface area contributed by atoms with Crippen molar-refractivity contribution in [3.05, 3.63) is 90.0 Å². The molecule has 0 aliphatic heterocycles. The Hall–Kier alpha value is -3.32. The molecule has 0 bridgehead atoms. The SMILES string of the molecule is CCc1ccc([C@@H](C)NC(=O)CN(c2cccc(OC)c2)S(=O)(=O)c2ccccc2)cc1. The zero-order valence-electron chi connectivity index (χ0n) is 18.5. The molecule has 3 aromatic carbocycles. The minimum Gasteiger partial charge on any atom is -0.497 e. The molecule has 7 heteroatoms. The van der Waals surface area contributed by atoms with Gasteiger partial charge in [-0.05, 0) is 48.7 Å². The fraction of sp³-hybridized carbons (Fsp3) is 0.240. The lowest BCUT2D eigenvalue weighted by molar-refractivity contribution is -0.120. The molecule has 32 heavy (non-hydrogen) atoms. The summed E-state index contributed by atoms with van der Waals surface area (Å²) in [6, 6.07) is 22.5. The maximum atomic E-state index is 13.4. The topological polar surface area (TPSA) is 75.7 Å². The van der Waals surface area contributed by atoms with E-state index in [1.807, 2.05) is 31.2 Å². The Bertz CT molecular complexity index is 1150. The van der Waals surface area contributed by atoms with E-state index >= 15 is 0 Å². The average molecular weight is 453 g/mol. The van der Waals surface area contributed by atoms with Gasteiger partial charge >= 0.3 is 0 Å². The summed E-state index contributed by atoms with van der Waals surface area (Å²) in [6.45, 7) is 3.60. The number of methoxy groups -OCH3 is 1. The maximum Gasteiger partial charge on any atom is 0.264 e. The molecule has 3 rings (SSSR count). The molecule has 3 aromatic rings. The van der Waals surface area contributed by atoms with Gasteiger partial charge in [0.2, 0.25) is 5.91 Å². The van der Waals surface area contributed by atoms with E-state index in [1.54, 1.807) is 42.5 Å². The van der Waals surface area contributed by atoms with Crippen molar-refractivity contribution in [3.8, 4) is 5.75 Å². The van der Waals surface area contributed by atoms with E-state index in [1.165, 1.54) is 24.8 Å². The second-order valence-corrected chi connectivity index (χ2v) is 9.27. The van der Waals surface area contributed by atoms with E-state index in [-0.39, 0.29) is 17.5 Å². The van der Waals surface area contributed by atoms with Gasteiger partial charge in [0.25, 0.3) is 10.0 Å². The Kier molecular flexibility index (Phi) is 7.53. The number of rotatable bonds is 9. The summed E-state index contributed by atoms with van der Waals surface area (Å²) in [5.74, 6) is 0.0972. The number of ether oxygens (including phenoxy) is 1. The molecule has 1 atom stereocenters. The smallest absolute Gasteiger partial charge is 0.264 e. The lowest BCUT2D eigenvalue weighted by Gasteiger charge is -2.25. The standard InChI is InChI=1S/C25H28N2O4S/c1-4-20-13-15-21(16-14-20)19(2)26-25(28)18-27(22-9-8-10-23(17-22)31-3)32(29,30)24-11-6-5-7-12-24/h5-17,19H,4,18H2,1-3H3,(H,26,28)/t19-/m1/s1. The van der Waals surface area contributed by atoms with E-state index in [0.29, 0.717) is 11.4 Å². The molecule has 168 valence electrons. The van der Waals surface area contributed by atoms with Crippen molar-refractivity contribution in [2.45, 2.75) is 31.2 Å². The van der Waals surface area contributed by atoms with Crippen LogP contribution in [0.1, 0.15) is 31.0 Å². The van der Waals surface area contributed by atoms with Gasteiger partial charge in [0, 0.05) is 6.07 Å². The van der Waals surface area contributed by atoms with E-state index in [4.69, 9.17) is 4.74 Å². The van der Waals surface area contributed by atoms with Gasteiger partial charge in [-0.2, -0.15) is 0 Å². The highest BCUT2D eigenvalue weighted by Crippen LogP contribution is 2.27. The van der Waals surface area contributed by atoms with E-state index in [2.05, 4.69) is 12.2 Å². The molecular formula is C25H28N2O4S. The number of hydrogen-bond donors (Lipinski definition) is 1. The molecule has 0 aliphatic rings. The van der Waals surface area contributed by atoms with Crippen molar-refractivity contribution in [2.24, 2.45) is 0 Å². The molecule has 0 aliphatic carbocycles. The fourth-order valence-corrected chi connectivity index (χ4v) is 4.78. The first-order valence-corrected chi connectivity index (χ1v) is 11.9. The minimum absolute atomic E-state index is 0.110. The molecule has 0 saturated heterocycles. The highest BCUT2D eigenvalue weighted by molar-refractivity contribution is 7.92. The van der Waals surface area contributed by atoms with Crippen molar-refractivity contribution >= 4 is 21.6 Å². The first kappa shape index (κ1) is 23.3. The van der Waals surface area contributed by atoms with Crippen LogP contribution in [-0.2, 0) is 21.2 Å². The van der Waals surface area contributed by atoms with Gasteiger partial charge in [0.05, 0.1) is 23.7 Å². The van der Waals surface area contributed by atoms with Gasteiger partial charge < -0.3 is 10.1 Å². The summed E-state index contributed by atoms with van der Waals surface area (Å²) in [6.07, 6.45) is 0.938. The van der Waals surface area contributed by atoms with Gasteiger partial charge in [-0.15, -0.1) is 0 Å². The number of benzene rings is 3. The monoisotopic (exact) mass is 452 g/mol. The van der Waals surface area contributed by atoms with E-state index in [9.17, 15) is 13.2 Å². The van der Waals surface area contributed by atoms with Gasteiger partial charge in [-0.3, -0.25) is 9.10 Å². The summed E-state index contributed by atoms with van der Waals surface area (Å²) in [5.41, 5.74) is 2.52. The van der Waals surface area contributed by atoms with Crippen LogP contribution in [0.2, 0.25) is 0 Å². The lowest BCUT2D eigenvalue weighted by Crippen LogP contribution is -2.41. The molecular weight excluding hydrogens is 424 g/mol. The number of carbonyl (C=O) groups excluding carboxylic acids is 1. The van der Waals surface area contributed by atoms with Crippen LogP contribution in [0.5, 0.6) is 5.75 Å². The third-order valence-corrected chi connectivity index (χ3v) is 7.01. The number of nitrogens with one attached hydrogen (secondary N) is 1. The summed E-state index contributed by atoms with van der Waals surface area (Å²) in [4.78, 5) is 13.0. The van der Waals surface area contributed by atoms with Crippen LogP contribution in [0.4, 0.5) is 5.69 Å². The Morgan fingerprint density at radius 3 is 2.31 bits per heavy atom. The largest absolute Gasteiger partial charge is 0.497 e. The van der Waals surface area contributed by atoms with Crippen LogP contribution in [0.25, 0.3) is 0 Å². The number of nitrogens with zero attached hydrogens (tertiary/aromatic N) is 1. The molecule has 6 nitrogen and oxygen atoms in total. The summed E-state index contributed by atoms with van der Waals surface area (Å²) in [5, 5.41) is 2.91. The number of amides is 1. The van der Waals surface area contributed by atoms with Gasteiger partial charge in [-0.25, -0.2) is 8.42 Å². The molecule has 1 N–H and O–H groups in total. The minimum atomic E-state index is -3.97. The van der Waals surface area contributed by atoms with Gasteiger partial charge in [0.15, 0.2) is 0 Å². The van der Waals surface area contributed by atoms with Crippen LogP contribution < -0.4 is 14.4 Å². The molecule has 0 spiro atoms. The van der Waals surface area contributed by atoms with Crippen LogP contribution in [0, 0.1) is 0 Å². The Labute approximate surface area is 189 Å². The third-order valence-electron chi connectivity index (χ3n) is 5.23. The Morgan fingerprint density at radius 2 is 1.69 bits per heavy atom. The lowest BCUT2D eigenvalue weighted by atomic mass is 10.1. The second kappa shape index (κ2) is 10.3. The molecule has 1 amide bonds. The second-order valence-electron chi connectivity index (χ2n) is 7.41. The molecule has 0 aromatic heterocycles. The van der Waals surface area contributed by atoms with Crippen LogP contribution >= 0.6 is 0 Å². The Balaban J connectivity index is 1.87. The van der Waals surface area contributed by atoms with Gasteiger partial charge in [0.1, 0.15) is 12.3 Å². The van der Waals surface area contributed by atoms with Crippen molar-refractivity contribution < 1.29 is 17.9 Å². The predicted octanol–water partition coefficient (Wildman–Crippen LogP) is 4.33. The summed E-state index contributed by atoms with van der Waals surface area (Å²) >= 11 is 0. The highest BCUT2D eigenvalue weighted by Gasteiger charge is 2.28. The van der Waals surface area contributed by atoms with Crippen molar-refractivity contribution in [1.82, 2.24) is 5.32 Å². The van der Waals surface area contributed by atoms with Gasteiger partial charge in [-0.1, -0.05) is 55.5 Å². The highest BCUT2D eigenvalue weighted by atomic mass is 32.2. The van der Waals surface area contributed by atoms with Crippen molar-refractivity contribution in [1.29, 1.82) is 0 Å². The number of aryl methyl sites for hydroxylation is 1. The first-order valence-electron chi connectivity index (χ1n) is 10.4. The number of hydrogen-bond acceptors (Lipinski definition) is 4. The van der Waals surface area contributed by atoms with Crippen molar-refractivity contribution in [3.63, 3.8) is 0 Å². The average Bonchev–Trinajstić information content (AvgIpc) is 2.83. The zero-order chi connectivity index (χ0) is 23.1. The van der Waals surface area contributed by atoms with E-state index < -0.39 is 15.9 Å². The van der Waals surface area contributed by atoms with Crippen molar-refractivity contribution in [2.75, 3.05) is 18.0 Å². The summed E-state index contributed by atoms with van der Waals surface area (Å²) < 4.78 is 33.2. The third kappa shape index (κ3) is 5.48. The summed E-state index contributed by atoms with van der Waals surface area (Å²) in [7, 11) is -2.46. The number of sulfonamides is 1. The normalized spacial score (nSPS) is 12.1. The van der Waals surface area contributed by atoms with Crippen LogP contribution in [0.15, 0.2) is 83.8 Å². The fourth-order valence-electron chi connectivity index (χ4n) is 3.34. The molecule has 0 saturated carbocycles. The molecule has 0 heterocycles. The zero-order valence-corrected chi connectivity index (χ0v) is 19.3. The molecule has 0 radical (unpaired) electrons. The number of anilines is 1. The first-order chi connectivity index (χ1) is 15.3. The molecule has 0 unspecified atom stereocenters.